The molecule has 20 heavy (non-hydrogen) atoms. The average Bonchev–Trinajstić information content (AvgIpc) is 3.05. The Morgan fingerprint density at radius 3 is 2.80 bits per heavy atom. The first kappa shape index (κ1) is 12.7. The quantitative estimate of drug-likeness (QED) is 0.765. The van der Waals surface area contributed by atoms with Crippen molar-refractivity contribution in [2.24, 2.45) is 16.7 Å². The summed E-state index contributed by atoms with van der Waals surface area (Å²) >= 11 is 1.82. The minimum absolute atomic E-state index is 0.413. The number of hydrogen-bond acceptors (Lipinski definition) is 2. The fraction of sp³-hybridized carbons (Fsp3) is 0.556. The van der Waals surface area contributed by atoms with Crippen LogP contribution in [0.5, 0.6) is 0 Å². The standard InChI is InChI=1S/C18H23NS/c1-17(2)13-6-8-18(3,11-13)16(17)19-14-4-5-15-12(10-14)7-9-20-15/h4-5,7,9-10,13,16,19H,6,8,11H2,1-3H3/t13-,16?,18+/m0/s1. The van der Waals surface area contributed by atoms with Crippen molar-refractivity contribution in [1.29, 1.82) is 0 Å². The Kier molecular flexibility index (Phi) is 2.54. The molecule has 0 radical (unpaired) electrons. The molecule has 2 fully saturated rings. The van der Waals surface area contributed by atoms with Crippen LogP contribution in [0.3, 0.4) is 0 Å². The van der Waals surface area contributed by atoms with E-state index >= 15 is 0 Å². The number of hydrogen-bond donors (Lipinski definition) is 1. The second kappa shape index (κ2) is 4.00. The van der Waals surface area contributed by atoms with Crippen LogP contribution in [0.15, 0.2) is 29.6 Å². The lowest BCUT2D eigenvalue weighted by Gasteiger charge is -2.43. The van der Waals surface area contributed by atoms with E-state index in [1.54, 1.807) is 0 Å². The highest BCUT2D eigenvalue weighted by Gasteiger charge is 2.59. The van der Waals surface area contributed by atoms with Crippen LogP contribution in [-0.4, -0.2) is 6.04 Å². The third kappa shape index (κ3) is 1.67. The lowest BCUT2D eigenvalue weighted by Crippen LogP contribution is -2.45. The van der Waals surface area contributed by atoms with Crippen molar-refractivity contribution >= 4 is 27.1 Å². The summed E-state index contributed by atoms with van der Waals surface area (Å²) in [5.41, 5.74) is 2.19. The molecule has 3 atom stereocenters. The highest BCUT2D eigenvalue weighted by Crippen LogP contribution is 2.63. The fourth-order valence-electron chi connectivity index (χ4n) is 4.89. The molecule has 2 bridgehead atoms. The van der Waals surface area contributed by atoms with Gasteiger partial charge in [0.25, 0.3) is 0 Å². The zero-order valence-corrected chi connectivity index (χ0v) is 13.4. The molecule has 4 rings (SSSR count). The minimum atomic E-state index is 0.413. The summed E-state index contributed by atoms with van der Waals surface area (Å²) in [7, 11) is 0. The lowest BCUT2D eigenvalue weighted by atomic mass is 9.68. The zero-order chi connectivity index (χ0) is 14.0. The second-order valence-electron chi connectivity index (χ2n) is 7.67. The Morgan fingerprint density at radius 2 is 2.05 bits per heavy atom. The molecule has 1 heterocycles. The molecule has 1 unspecified atom stereocenters. The Labute approximate surface area is 125 Å². The number of anilines is 1. The zero-order valence-electron chi connectivity index (χ0n) is 12.6. The van der Waals surface area contributed by atoms with Gasteiger partial charge in [-0.25, -0.2) is 0 Å². The predicted octanol–water partition coefficient (Wildman–Crippen LogP) is 5.53. The number of rotatable bonds is 2. The van der Waals surface area contributed by atoms with Gasteiger partial charge in [-0.15, -0.1) is 11.3 Å². The molecule has 0 amide bonds. The van der Waals surface area contributed by atoms with E-state index in [-0.39, 0.29) is 0 Å². The summed E-state index contributed by atoms with van der Waals surface area (Å²) < 4.78 is 1.38. The van der Waals surface area contributed by atoms with E-state index in [2.05, 4.69) is 55.7 Å². The van der Waals surface area contributed by atoms with Gasteiger partial charge in [0.05, 0.1) is 0 Å². The molecule has 1 aromatic carbocycles. The van der Waals surface area contributed by atoms with Crippen molar-refractivity contribution < 1.29 is 0 Å². The maximum atomic E-state index is 3.89. The smallest absolute Gasteiger partial charge is 0.0368 e. The van der Waals surface area contributed by atoms with Crippen LogP contribution in [-0.2, 0) is 0 Å². The fourth-order valence-corrected chi connectivity index (χ4v) is 5.66. The molecule has 2 aromatic rings. The first-order valence-corrected chi connectivity index (χ1v) is 8.61. The van der Waals surface area contributed by atoms with Crippen LogP contribution in [0.25, 0.3) is 10.1 Å². The highest BCUT2D eigenvalue weighted by molar-refractivity contribution is 7.17. The van der Waals surface area contributed by atoms with Gasteiger partial charge in [-0.3, -0.25) is 0 Å². The van der Waals surface area contributed by atoms with E-state index < -0.39 is 0 Å². The van der Waals surface area contributed by atoms with Crippen LogP contribution < -0.4 is 5.32 Å². The molecule has 2 heteroatoms. The predicted molar refractivity (Wildman–Crippen MR) is 88.5 cm³/mol. The van der Waals surface area contributed by atoms with Crippen LogP contribution in [0, 0.1) is 16.7 Å². The van der Waals surface area contributed by atoms with Crippen molar-refractivity contribution in [3.05, 3.63) is 29.6 Å². The van der Waals surface area contributed by atoms with E-state index in [9.17, 15) is 0 Å². The van der Waals surface area contributed by atoms with Gasteiger partial charge in [0.1, 0.15) is 0 Å². The van der Waals surface area contributed by atoms with Crippen molar-refractivity contribution in [3.63, 3.8) is 0 Å². The summed E-state index contributed by atoms with van der Waals surface area (Å²) in [5.74, 6) is 0.898. The van der Waals surface area contributed by atoms with Crippen molar-refractivity contribution in [1.82, 2.24) is 0 Å². The molecule has 0 saturated heterocycles. The average molecular weight is 285 g/mol. The molecule has 2 saturated carbocycles. The Hall–Kier alpha value is -1.02. The minimum Gasteiger partial charge on any atom is -0.381 e. The maximum absolute atomic E-state index is 3.89. The summed E-state index contributed by atoms with van der Waals surface area (Å²) in [4.78, 5) is 0. The first-order chi connectivity index (χ1) is 9.49. The topological polar surface area (TPSA) is 12.0 Å². The summed E-state index contributed by atoms with van der Waals surface area (Å²) in [6.45, 7) is 7.41. The highest BCUT2D eigenvalue weighted by atomic mass is 32.1. The molecular formula is C18H23NS. The van der Waals surface area contributed by atoms with Gasteiger partial charge in [0.2, 0.25) is 0 Å². The molecule has 1 N–H and O–H groups in total. The largest absolute Gasteiger partial charge is 0.381 e. The summed E-state index contributed by atoms with van der Waals surface area (Å²) in [6, 6.07) is 9.65. The Bertz CT molecular complexity index is 651. The van der Waals surface area contributed by atoms with Crippen LogP contribution in [0.1, 0.15) is 40.0 Å². The molecule has 2 aliphatic rings. The van der Waals surface area contributed by atoms with Gasteiger partial charge < -0.3 is 5.32 Å². The molecular weight excluding hydrogens is 262 g/mol. The van der Waals surface area contributed by atoms with E-state index in [0.717, 1.165) is 5.92 Å². The van der Waals surface area contributed by atoms with Gasteiger partial charge >= 0.3 is 0 Å². The lowest BCUT2D eigenvalue weighted by molar-refractivity contribution is 0.155. The Morgan fingerprint density at radius 1 is 1.20 bits per heavy atom. The summed E-state index contributed by atoms with van der Waals surface area (Å²) in [5, 5.41) is 7.43. The van der Waals surface area contributed by atoms with E-state index in [4.69, 9.17) is 0 Å². The third-order valence-electron chi connectivity index (χ3n) is 6.03. The number of thiophene rings is 1. The number of benzene rings is 1. The van der Waals surface area contributed by atoms with E-state index in [0.29, 0.717) is 16.9 Å². The van der Waals surface area contributed by atoms with Gasteiger partial charge in [-0.05, 0) is 71.0 Å². The molecule has 2 aliphatic carbocycles. The van der Waals surface area contributed by atoms with Crippen LogP contribution in [0.2, 0.25) is 0 Å². The van der Waals surface area contributed by atoms with E-state index in [1.807, 2.05) is 11.3 Å². The van der Waals surface area contributed by atoms with Gasteiger partial charge in [-0.2, -0.15) is 0 Å². The normalized spacial score (nSPS) is 34.8. The van der Waals surface area contributed by atoms with Crippen LogP contribution in [0.4, 0.5) is 5.69 Å². The van der Waals surface area contributed by atoms with Crippen molar-refractivity contribution in [3.8, 4) is 0 Å². The van der Waals surface area contributed by atoms with Crippen molar-refractivity contribution in [2.75, 3.05) is 5.32 Å². The van der Waals surface area contributed by atoms with Crippen molar-refractivity contribution in [2.45, 2.75) is 46.1 Å². The molecule has 1 nitrogen and oxygen atoms in total. The third-order valence-corrected chi connectivity index (χ3v) is 6.93. The summed E-state index contributed by atoms with van der Waals surface area (Å²) in [6.07, 6.45) is 4.21. The molecule has 1 aromatic heterocycles. The SMILES string of the molecule is CC1(C)C(Nc2ccc3sccc3c2)[C@]2(C)CC[C@H]1C2. The number of fused-ring (bicyclic) bond motifs is 3. The molecule has 0 spiro atoms. The monoisotopic (exact) mass is 285 g/mol. The Balaban J connectivity index is 1.67. The van der Waals surface area contributed by atoms with E-state index in [1.165, 1.54) is 35.0 Å². The van der Waals surface area contributed by atoms with Gasteiger partial charge in [0, 0.05) is 16.4 Å². The van der Waals surface area contributed by atoms with Gasteiger partial charge in [0.15, 0.2) is 0 Å². The first-order valence-electron chi connectivity index (χ1n) is 7.73. The number of nitrogens with one attached hydrogen (secondary N) is 1. The van der Waals surface area contributed by atoms with Crippen LogP contribution >= 0.6 is 11.3 Å². The molecule has 0 aliphatic heterocycles. The maximum Gasteiger partial charge on any atom is 0.0368 e. The second-order valence-corrected chi connectivity index (χ2v) is 8.61. The molecule has 106 valence electrons. The van der Waals surface area contributed by atoms with Gasteiger partial charge in [-0.1, -0.05) is 20.8 Å².